The molecule has 0 amide bonds. The van der Waals surface area contributed by atoms with Gasteiger partial charge in [-0.2, -0.15) is 0 Å². The van der Waals surface area contributed by atoms with Crippen LogP contribution in [0.5, 0.6) is 0 Å². The van der Waals surface area contributed by atoms with Gasteiger partial charge in [0.15, 0.2) is 5.78 Å². The van der Waals surface area contributed by atoms with E-state index in [9.17, 15) is 9.59 Å². The molecule has 0 aromatic carbocycles. The van der Waals surface area contributed by atoms with Gasteiger partial charge >= 0.3 is 0 Å². The first kappa shape index (κ1) is 13.6. The number of Topliss-reactive ketones (excluding diaryl/α,β-unsaturated/α-hetero) is 1. The van der Waals surface area contributed by atoms with Crippen LogP contribution in [-0.4, -0.2) is 35.9 Å². The van der Waals surface area contributed by atoms with Gasteiger partial charge in [0.25, 0.3) is 5.56 Å². The van der Waals surface area contributed by atoms with Gasteiger partial charge in [0.1, 0.15) is 0 Å². The lowest BCUT2D eigenvalue weighted by molar-refractivity contribution is 0.101. The molecule has 1 heterocycles. The molecule has 0 N–H and O–H groups in total. The van der Waals surface area contributed by atoms with Crippen molar-refractivity contribution in [2.24, 2.45) is 0 Å². The number of pyridine rings is 1. The minimum Gasteiger partial charge on any atom is -0.311 e. The van der Waals surface area contributed by atoms with Crippen LogP contribution in [0.2, 0.25) is 0 Å². The molecule has 1 aromatic rings. The second-order valence-corrected chi connectivity index (χ2v) is 4.64. The first-order valence-corrected chi connectivity index (χ1v) is 5.71. The Morgan fingerprint density at radius 2 is 1.94 bits per heavy atom. The van der Waals surface area contributed by atoms with Crippen molar-refractivity contribution >= 4 is 5.78 Å². The fraction of sp³-hybridized carbons (Fsp3) is 0.538. The maximum atomic E-state index is 12.1. The molecule has 0 radical (unpaired) electrons. The predicted molar refractivity (Wildman–Crippen MR) is 68.7 cm³/mol. The summed E-state index contributed by atoms with van der Waals surface area (Å²) in [5, 5.41) is 0. The van der Waals surface area contributed by atoms with Gasteiger partial charge in [0, 0.05) is 18.8 Å². The Hall–Kier alpha value is -1.42. The second-order valence-electron chi connectivity index (χ2n) is 4.64. The van der Waals surface area contributed by atoms with Crippen molar-refractivity contribution in [3.63, 3.8) is 0 Å². The number of rotatable bonds is 4. The van der Waals surface area contributed by atoms with Crippen molar-refractivity contribution in [1.29, 1.82) is 0 Å². The minimum atomic E-state index is -0.178. The summed E-state index contributed by atoms with van der Waals surface area (Å²) < 4.78 is 1.69. The van der Waals surface area contributed by atoms with Crippen LogP contribution in [0.25, 0.3) is 0 Å². The Labute approximate surface area is 102 Å². The Bertz CT molecular complexity index is 487. The van der Waals surface area contributed by atoms with Gasteiger partial charge in [-0.25, -0.2) is 0 Å². The fourth-order valence-electron chi connectivity index (χ4n) is 1.71. The normalized spacial score (nSPS) is 10.9. The van der Waals surface area contributed by atoms with E-state index in [1.807, 2.05) is 32.8 Å². The number of hydrogen-bond acceptors (Lipinski definition) is 3. The molecule has 1 aromatic heterocycles. The van der Waals surface area contributed by atoms with Crippen LogP contribution in [0.1, 0.15) is 28.5 Å². The van der Waals surface area contributed by atoms with Gasteiger partial charge in [0.2, 0.25) is 0 Å². The maximum absolute atomic E-state index is 12.1. The van der Waals surface area contributed by atoms with Crippen molar-refractivity contribution in [1.82, 2.24) is 9.47 Å². The van der Waals surface area contributed by atoms with E-state index in [4.69, 9.17) is 0 Å². The molecule has 0 spiro atoms. The zero-order valence-corrected chi connectivity index (χ0v) is 11.2. The first-order valence-electron chi connectivity index (χ1n) is 5.71. The molecule has 0 saturated heterocycles. The summed E-state index contributed by atoms with van der Waals surface area (Å²) in [4.78, 5) is 25.5. The van der Waals surface area contributed by atoms with Gasteiger partial charge in [-0.05, 0) is 46.5 Å². The molecule has 0 aliphatic heterocycles. The molecule has 0 fully saturated rings. The van der Waals surface area contributed by atoms with E-state index in [1.54, 1.807) is 10.6 Å². The molecule has 94 valence electrons. The highest BCUT2D eigenvalue weighted by atomic mass is 16.1. The third-order valence-corrected chi connectivity index (χ3v) is 2.96. The molecule has 0 aliphatic carbocycles. The van der Waals surface area contributed by atoms with E-state index < -0.39 is 0 Å². The number of aryl methyl sites for hydroxylation is 1. The standard InChI is InChI=1S/C13H20N2O2/c1-9-8-12(11(3)16)13(17)15(10(9)2)7-6-14(4)5/h8H,6-7H2,1-5H3. The average molecular weight is 236 g/mol. The summed E-state index contributed by atoms with van der Waals surface area (Å²) in [6.45, 7) is 6.66. The number of ketones is 1. The van der Waals surface area contributed by atoms with Crippen LogP contribution in [0, 0.1) is 13.8 Å². The summed E-state index contributed by atoms with van der Waals surface area (Å²) >= 11 is 0. The molecular weight excluding hydrogens is 216 g/mol. The first-order chi connectivity index (χ1) is 7.84. The molecule has 1 rings (SSSR count). The second kappa shape index (κ2) is 5.27. The number of carbonyl (C=O) groups excluding carboxylic acids is 1. The van der Waals surface area contributed by atoms with Gasteiger partial charge in [-0.1, -0.05) is 0 Å². The Balaban J connectivity index is 3.27. The van der Waals surface area contributed by atoms with Gasteiger partial charge < -0.3 is 9.47 Å². The molecule has 17 heavy (non-hydrogen) atoms. The van der Waals surface area contributed by atoms with Gasteiger partial charge in [-0.15, -0.1) is 0 Å². The predicted octanol–water partition coefficient (Wildman–Crippen LogP) is 1.23. The zero-order chi connectivity index (χ0) is 13.2. The molecule has 4 heteroatoms. The van der Waals surface area contributed by atoms with Crippen molar-refractivity contribution in [3.05, 3.63) is 33.2 Å². The molecule has 0 bridgehead atoms. The quantitative estimate of drug-likeness (QED) is 0.738. The smallest absolute Gasteiger partial charge is 0.261 e. The Morgan fingerprint density at radius 3 is 2.41 bits per heavy atom. The van der Waals surface area contributed by atoms with Crippen LogP contribution >= 0.6 is 0 Å². The summed E-state index contributed by atoms with van der Waals surface area (Å²) in [5.74, 6) is -0.170. The molecule has 0 aliphatic rings. The van der Waals surface area contributed by atoms with E-state index in [2.05, 4.69) is 0 Å². The molecular formula is C13H20N2O2. The summed E-state index contributed by atoms with van der Waals surface area (Å²) in [6.07, 6.45) is 0. The highest BCUT2D eigenvalue weighted by Gasteiger charge is 2.12. The van der Waals surface area contributed by atoms with E-state index in [0.29, 0.717) is 6.54 Å². The van der Waals surface area contributed by atoms with E-state index in [-0.39, 0.29) is 16.9 Å². The minimum absolute atomic E-state index is 0.170. The van der Waals surface area contributed by atoms with E-state index in [0.717, 1.165) is 17.8 Å². The van der Waals surface area contributed by atoms with Crippen LogP contribution in [0.15, 0.2) is 10.9 Å². The Morgan fingerprint density at radius 1 is 1.35 bits per heavy atom. The van der Waals surface area contributed by atoms with E-state index in [1.165, 1.54) is 6.92 Å². The molecule has 0 saturated carbocycles. The van der Waals surface area contributed by atoms with Crippen LogP contribution in [0.4, 0.5) is 0 Å². The summed E-state index contributed by atoms with van der Waals surface area (Å²) in [5.41, 5.74) is 2.02. The van der Waals surface area contributed by atoms with Crippen molar-refractivity contribution in [2.75, 3.05) is 20.6 Å². The Kier molecular flexibility index (Phi) is 4.23. The van der Waals surface area contributed by atoms with Crippen LogP contribution in [0.3, 0.4) is 0 Å². The number of aromatic nitrogens is 1. The lowest BCUT2D eigenvalue weighted by atomic mass is 10.1. The van der Waals surface area contributed by atoms with Crippen molar-refractivity contribution in [3.8, 4) is 0 Å². The largest absolute Gasteiger partial charge is 0.311 e. The highest BCUT2D eigenvalue weighted by molar-refractivity contribution is 5.93. The van der Waals surface area contributed by atoms with Crippen LogP contribution < -0.4 is 5.56 Å². The summed E-state index contributed by atoms with van der Waals surface area (Å²) in [6, 6.07) is 1.69. The maximum Gasteiger partial charge on any atom is 0.261 e. The number of hydrogen-bond donors (Lipinski definition) is 0. The lowest BCUT2D eigenvalue weighted by Gasteiger charge is -2.16. The summed E-state index contributed by atoms with van der Waals surface area (Å²) in [7, 11) is 3.92. The van der Waals surface area contributed by atoms with Crippen molar-refractivity contribution in [2.45, 2.75) is 27.3 Å². The highest BCUT2D eigenvalue weighted by Crippen LogP contribution is 2.07. The topological polar surface area (TPSA) is 42.3 Å². The molecule has 0 atom stereocenters. The lowest BCUT2D eigenvalue weighted by Crippen LogP contribution is -2.31. The van der Waals surface area contributed by atoms with Crippen molar-refractivity contribution < 1.29 is 4.79 Å². The molecule has 4 nitrogen and oxygen atoms in total. The van der Waals surface area contributed by atoms with Gasteiger partial charge in [0.05, 0.1) is 5.56 Å². The van der Waals surface area contributed by atoms with Gasteiger partial charge in [-0.3, -0.25) is 9.59 Å². The fourth-order valence-corrected chi connectivity index (χ4v) is 1.71. The monoisotopic (exact) mass is 236 g/mol. The van der Waals surface area contributed by atoms with Crippen LogP contribution in [-0.2, 0) is 6.54 Å². The SMILES string of the molecule is CC(=O)c1cc(C)c(C)n(CCN(C)C)c1=O. The number of nitrogens with zero attached hydrogens (tertiary/aromatic N) is 2. The molecule has 0 unspecified atom stereocenters. The number of carbonyl (C=O) groups is 1. The number of likely N-dealkylation sites (N-methyl/N-ethyl adjacent to an activating group) is 1. The third-order valence-electron chi connectivity index (χ3n) is 2.96. The zero-order valence-electron chi connectivity index (χ0n) is 11.2. The van der Waals surface area contributed by atoms with E-state index >= 15 is 0 Å². The third kappa shape index (κ3) is 3.03. The average Bonchev–Trinajstić information content (AvgIpc) is 2.22.